The Hall–Kier alpha value is -3.27. The Bertz CT molecular complexity index is 1120. The molecule has 4 rings (SSSR count). The minimum atomic E-state index is -4.70. The summed E-state index contributed by atoms with van der Waals surface area (Å²) >= 11 is 1.50. The van der Waals surface area contributed by atoms with Crippen LogP contribution >= 0.6 is 11.3 Å². The number of benzene rings is 2. The summed E-state index contributed by atoms with van der Waals surface area (Å²) in [5, 5.41) is 6.06. The van der Waals surface area contributed by atoms with E-state index in [0.717, 1.165) is 10.2 Å². The van der Waals surface area contributed by atoms with Crippen molar-refractivity contribution in [1.29, 1.82) is 0 Å². The van der Waals surface area contributed by atoms with E-state index in [1.165, 1.54) is 35.6 Å². The van der Waals surface area contributed by atoms with Crippen molar-refractivity contribution in [3.05, 3.63) is 59.4 Å². The number of amides is 1. The highest BCUT2D eigenvalue weighted by Gasteiger charge is 2.38. The molecule has 1 N–H and O–H groups in total. The molecule has 6 nitrogen and oxygen atoms in total. The molecule has 27 heavy (non-hydrogen) atoms. The molecule has 10 heteroatoms. The largest absolute Gasteiger partial charge is 0.471 e. The summed E-state index contributed by atoms with van der Waals surface area (Å²) < 4.78 is 42.8. The number of carbonyl (C=O) groups is 1. The summed E-state index contributed by atoms with van der Waals surface area (Å²) in [6.45, 7) is 0. The van der Waals surface area contributed by atoms with Gasteiger partial charge in [-0.1, -0.05) is 17.3 Å². The molecular formula is C17H9F3N4O2S. The molecule has 2 aromatic carbocycles. The van der Waals surface area contributed by atoms with Crippen molar-refractivity contribution < 1.29 is 22.5 Å². The fraction of sp³-hybridized carbons (Fsp3) is 0.0588. The van der Waals surface area contributed by atoms with Crippen LogP contribution in [0.4, 0.5) is 18.9 Å². The van der Waals surface area contributed by atoms with E-state index in [4.69, 9.17) is 0 Å². The zero-order valence-corrected chi connectivity index (χ0v) is 14.1. The van der Waals surface area contributed by atoms with Gasteiger partial charge in [-0.15, -0.1) is 11.3 Å². The number of carbonyl (C=O) groups excluding carboxylic acids is 1. The molecule has 0 aliphatic heterocycles. The summed E-state index contributed by atoms with van der Waals surface area (Å²) in [5.41, 5.74) is 3.73. The maximum Gasteiger partial charge on any atom is 0.471 e. The zero-order chi connectivity index (χ0) is 19.0. The van der Waals surface area contributed by atoms with Gasteiger partial charge in [-0.3, -0.25) is 4.79 Å². The lowest BCUT2D eigenvalue weighted by atomic mass is 10.1. The third kappa shape index (κ3) is 3.51. The molecule has 0 unspecified atom stereocenters. The summed E-state index contributed by atoms with van der Waals surface area (Å²) in [6, 6.07) is 11.2. The molecule has 136 valence electrons. The molecule has 0 radical (unpaired) electrons. The number of anilines is 1. The molecule has 0 spiro atoms. The predicted octanol–water partition coefficient (Wildman–Crippen LogP) is 4.62. The van der Waals surface area contributed by atoms with Gasteiger partial charge in [-0.25, -0.2) is 4.98 Å². The van der Waals surface area contributed by atoms with Gasteiger partial charge in [0.05, 0.1) is 15.7 Å². The fourth-order valence-electron chi connectivity index (χ4n) is 2.37. The fourth-order valence-corrected chi connectivity index (χ4v) is 3.02. The van der Waals surface area contributed by atoms with E-state index < -0.39 is 12.1 Å². The van der Waals surface area contributed by atoms with Crippen molar-refractivity contribution in [3.63, 3.8) is 0 Å². The number of alkyl halides is 3. The van der Waals surface area contributed by atoms with Crippen LogP contribution in [0.15, 0.2) is 52.5 Å². The Morgan fingerprint density at radius 3 is 2.59 bits per heavy atom. The maximum absolute atomic E-state index is 12.5. The second-order valence-corrected chi connectivity index (χ2v) is 6.37. The number of halogens is 3. The van der Waals surface area contributed by atoms with Gasteiger partial charge in [0.2, 0.25) is 5.82 Å². The van der Waals surface area contributed by atoms with E-state index in [9.17, 15) is 18.0 Å². The van der Waals surface area contributed by atoms with Gasteiger partial charge in [0.25, 0.3) is 5.91 Å². The van der Waals surface area contributed by atoms with Crippen LogP contribution in [0.5, 0.6) is 0 Å². The molecule has 0 saturated carbocycles. The Morgan fingerprint density at radius 2 is 1.89 bits per heavy atom. The van der Waals surface area contributed by atoms with Crippen molar-refractivity contribution in [2.75, 3.05) is 5.32 Å². The minimum absolute atomic E-state index is 0.205. The van der Waals surface area contributed by atoms with E-state index in [2.05, 4.69) is 25.0 Å². The average molecular weight is 390 g/mol. The van der Waals surface area contributed by atoms with Crippen LogP contribution < -0.4 is 5.32 Å². The summed E-state index contributed by atoms with van der Waals surface area (Å²) in [6.07, 6.45) is -4.70. The number of nitrogens with one attached hydrogen (secondary N) is 1. The Labute approximate surface area is 153 Å². The quantitative estimate of drug-likeness (QED) is 0.552. The summed E-state index contributed by atoms with van der Waals surface area (Å²) in [4.78, 5) is 19.8. The van der Waals surface area contributed by atoms with Crippen LogP contribution in [0, 0.1) is 0 Å². The molecule has 2 heterocycles. The Kier molecular flexibility index (Phi) is 4.11. The number of hydrogen-bond acceptors (Lipinski definition) is 6. The van der Waals surface area contributed by atoms with Crippen molar-refractivity contribution in [1.82, 2.24) is 15.1 Å². The highest BCUT2D eigenvalue weighted by Crippen LogP contribution is 2.29. The van der Waals surface area contributed by atoms with Gasteiger partial charge in [0.15, 0.2) is 0 Å². The lowest BCUT2D eigenvalue weighted by Crippen LogP contribution is -2.11. The first-order valence-electron chi connectivity index (χ1n) is 7.56. The molecule has 0 saturated heterocycles. The van der Waals surface area contributed by atoms with Crippen LogP contribution in [0.2, 0.25) is 0 Å². The molecule has 0 fully saturated rings. The zero-order valence-electron chi connectivity index (χ0n) is 13.3. The number of aromatic nitrogens is 3. The predicted molar refractivity (Wildman–Crippen MR) is 92.3 cm³/mol. The summed E-state index contributed by atoms with van der Waals surface area (Å²) in [5.74, 6) is -1.99. The average Bonchev–Trinajstić information content (AvgIpc) is 3.30. The number of hydrogen-bond donors (Lipinski definition) is 1. The smallest absolute Gasteiger partial charge is 0.329 e. The van der Waals surface area contributed by atoms with Crippen LogP contribution in [0.25, 0.3) is 21.6 Å². The van der Waals surface area contributed by atoms with Crippen molar-refractivity contribution in [2.24, 2.45) is 0 Å². The van der Waals surface area contributed by atoms with E-state index in [1.54, 1.807) is 17.6 Å². The number of rotatable bonds is 3. The first kappa shape index (κ1) is 17.2. The minimum Gasteiger partial charge on any atom is -0.329 e. The van der Waals surface area contributed by atoms with Crippen LogP contribution in [-0.4, -0.2) is 21.0 Å². The molecule has 4 aromatic rings. The SMILES string of the molecule is O=C(Nc1ccc2scnc2c1)c1ccc(-c2noc(C(F)(F)F)n2)cc1. The summed E-state index contributed by atoms with van der Waals surface area (Å²) in [7, 11) is 0. The van der Waals surface area contributed by atoms with Gasteiger partial charge >= 0.3 is 12.1 Å². The standard InChI is InChI=1S/C17H9F3N4O2S/c18-17(19,20)16-23-14(24-26-16)9-1-3-10(4-2-9)15(25)22-11-5-6-13-12(7-11)21-8-27-13/h1-8H,(H,22,25). The van der Waals surface area contributed by atoms with Crippen molar-refractivity contribution >= 4 is 33.1 Å². The molecule has 0 aliphatic rings. The van der Waals surface area contributed by atoms with Gasteiger partial charge in [0.1, 0.15) is 0 Å². The highest BCUT2D eigenvalue weighted by atomic mass is 32.1. The van der Waals surface area contributed by atoms with E-state index in [0.29, 0.717) is 16.8 Å². The molecule has 2 aromatic heterocycles. The maximum atomic E-state index is 12.5. The highest BCUT2D eigenvalue weighted by molar-refractivity contribution is 7.16. The monoisotopic (exact) mass is 390 g/mol. The third-order valence-electron chi connectivity index (χ3n) is 3.66. The molecule has 1 amide bonds. The van der Waals surface area contributed by atoms with Crippen LogP contribution in [-0.2, 0) is 6.18 Å². The van der Waals surface area contributed by atoms with Crippen LogP contribution in [0.3, 0.4) is 0 Å². The van der Waals surface area contributed by atoms with Crippen LogP contribution in [0.1, 0.15) is 16.2 Å². The molecule has 0 bridgehead atoms. The Morgan fingerprint density at radius 1 is 1.11 bits per heavy atom. The number of fused-ring (bicyclic) bond motifs is 1. The number of nitrogens with zero attached hydrogens (tertiary/aromatic N) is 3. The topological polar surface area (TPSA) is 80.9 Å². The van der Waals surface area contributed by atoms with Crippen molar-refractivity contribution in [3.8, 4) is 11.4 Å². The van der Waals surface area contributed by atoms with Gasteiger partial charge < -0.3 is 9.84 Å². The van der Waals surface area contributed by atoms with E-state index in [-0.39, 0.29) is 11.7 Å². The van der Waals surface area contributed by atoms with E-state index in [1.807, 2.05) is 6.07 Å². The Balaban J connectivity index is 1.51. The van der Waals surface area contributed by atoms with Gasteiger partial charge in [-0.2, -0.15) is 18.2 Å². The van der Waals surface area contributed by atoms with E-state index >= 15 is 0 Å². The van der Waals surface area contributed by atoms with Gasteiger partial charge in [0, 0.05) is 16.8 Å². The molecule has 0 aliphatic carbocycles. The number of thiazole rings is 1. The van der Waals surface area contributed by atoms with Gasteiger partial charge in [-0.05, 0) is 30.3 Å². The second-order valence-electron chi connectivity index (χ2n) is 5.49. The first-order chi connectivity index (χ1) is 12.9. The second kappa shape index (κ2) is 6.47. The van der Waals surface area contributed by atoms with Crippen molar-refractivity contribution in [2.45, 2.75) is 6.18 Å². The normalized spacial score (nSPS) is 11.7. The lowest BCUT2D eigenvalue weighted by Gasteiger charge is -2.05. The third-order valence-corrected chi connectivity index (χ3v) is 4.47. The molecular weight excluding hydrogens is 381 g/mol. The first-order valence-corrected chi connectivity index (χ1v) is 8.44. The lowest BCUT2D eigenvalue weighted by molar-refractivity contribution is -0.159. The molecule has 0 atom stereocenters.